The molecular formula is C27H43ClO4. The molecule has 0 spiro atoms. The van der Waals surface area contributed by atoms with Crippen LogP contribution < -0.4 is 4.74 Å². The molecule has 0 aromatic heterocycles. The number of benzene rings is 1. The fourth-order valence-electron chi connectivity index (χ4n) is 3.60. The second-order valence-corrected chi connectivity index (χ2v) is 9.13. The highest BCUT2D eigenvalue weighted by Crippen LogP contribution is 2.25. The number of carbonyl (C=O) groups excluding carboxylic acids is 2. The Morgan fingerprint density at radius 3 is 1.91 bits per heavy atom. The largest absolute Gasteiger partial charge is 0.466 e. The van der Waals surface area contributed by atoms with E-state index >= 15 is 0 Å². The van der Waals surface area contributed by atoms with Crippen LogP contribution in [0.1, 0.15) is 115 Å². The van der Waals surface area contributed by atoms with E-state index in [-0.39, 0.29) is 11.9 Å². The predicted octanol–water partition coefficient (Wildman–Crippen LogP) is 8.36. The molecule has 0 unspecified atom stereocenters. The van der Waals surface area contributed by atoms with Crippen LogP contribution in [0.4, 0.5) is 0 Å². The van der Waals surface area contributed by atoms with Crippen molar-refractivity contribution in [2.45, 2.75) is 117 Å². The summed E-state index contributed by atoms with van der Waals surface area (Å²) >= 11 is 6.05. The highest BCUT2D eigenvalue weighted by Gasteiger charge is 2.08. The highest BCUT2D eigenvalue weighted by molar-refractivity contribution is 6.32. The van der Waals surface area contributed by atoms with Gasteiger partial charge in [-0.2, -0.15) is 0 Å². The quantitative estimate of drug-likeness (QED) is 0.117. The van der Waals surface area contributed by atoms with E-state index in [0.29, 0.717) is 30.2 Å². The van der Waals surface area contributed by atoms with Gasteiger partial charge < -0.3 is 9.47 Å². The molecule has 0 aliphatic heterocycles. The SMILES string of the molecule is CCCCCCCCCCOC(=O)CCCCCCCCC(=O)Oc1cc(C)ccc1Cl. The molecule has 0 saturated heterocycles. The molecule has 4 nitrogen and oxygen atoms in total. The second-order valence-electron chi connectivity index (χ2n) is 8.72. The summed E-state index contributed by atoms with van der Waals surface area (Å²) in [7, 11) is 0. The number of hydrogen-bond acceptors (Lipinski definition) is 4. The normalized spacial score (nSPS) is 10.8. The van der Waals surface area contributed by atoms with Crippen molar-refractivity contribution in [1.29, 1.82) is 0 Å². The standard InChI is InChI=1S/C27H43ClO4/c1-3-4-5-6-7-10-13-16-21-31-26(29)17-14-11-8-9-12-15-18-27(30)32-25-22-23(2)19-20-24(25)28/h19-20,22H,3-18,21H2,1-2H3. The van der Waals surface area contributed by atoms with E-state index in [0.717, 1.165) is 56.9 Å². The monoisotopic (exact) mass is 466 g/mol. The highest BCUT2D eigenvalue weighted by atomic mass is 35.5. The van der Waals surface area contributed by atoms with Gasteiger partial charge >= 0.3 is 11.9 Å². The summed E-state index contributed by atoms with van der Waals surface area (Å²) in [6.45, 7) is 4.74. The maximum atomic E-state index is 12.0. The van der Waals surface area contributed by atoms with Crippen LogP contribution in [0.25, 0.3) is 0 Å². The smallest absolute Gasteiger partial charge is 0.311 e. The Hall–Kier alpha value is -1.55. The third-order valence-corrected chi connectivity index (χ3v) is 5.90. The van der Waals surface area contributed by atoms with E-state index < -0.39 is 0 Å². The molecule has 0 atom stereocenters. The summed E-state index contributed by atoms with van der Waals surface area (Å²) in [5.41, 5.74) is 1.01. The number of ether oxygens (including phenoxy) is 2. The lowest BCUT2D eigenvalue weighted by molar-refractivity contribution is -0.144. The lowest BCUT2D eigenvalue weighted by Gasteiger charge is -2.07. The Morgan fingerprint density at radius 2 is 1.28 bits per heavy atom. The average molecular weight is 467 g/mol. The minimum Gasteiger partial charge on any atom is -0.466 e. The maximum Gasteiger partial charge on any atom is 0.311 e. The van der Waals surface area contributed by atoms with Crippen molar-refractivity contribution in [1.82, 2.24) is 0 Å². The Morgan fingerprint density at radius 1 is 0.750 bits per heavy atom. The zero-order valence-electron chi connectivity index (χ0n) is 20.3. The van der Waals surface area contributed by atoms with Crippen molar-refractivity contribution in [2.24, 2.45) is 0 Å². The van der Waals surface area contributed by atoms with Crippen LogP contribution in [0.15, 0.2) is 18.2 Å². The first-order chi connectivity index (χ1) is 15.5. The summed E-state index contributed by atoms with van der Waals surface area (Å²) in [5, 5.41) is 0.459. The fraction of sp³-hybridized carbons (Fsp3) is 0.704. The van der Waals surface area contributed by atoms with Crippen LogP contribution in [0, 0.1) is 6.92 Å². The maximum absolute atomic E-state index is 12.0. The van der Waals surface area contributed by atoms with Crippen molar-refractivity contribution in [2.75, 3.05) is 6.61 Å². The molecule has 0 radical (unpaired) electrons. The van der Waals surface area contributed by atoms with E-state index in [4.69, 9.17) is 21.1 Å². The van der Waals surface area contributed by atoms with Gasteiger partial charge in [0.25, 0.3) is 0 Å². The number of carbonyl (C=O) groups is 2. The molecule has 0 bridgehead atoms. The lowest BCUT2D eigenvalue weighted by Crippen LogP contribution is -2.08. The lowest BCUT2D eigenvalue weighted by atomic mass is 10.1. The summed E-state index contributed by atoms with van der Waals surface area (Å²) in [5.74, 6) is 0.133. The van der Waals surface area contributed by atoms with Crippen molar-refractivity contribution in [3.63, 3.8) is 0 Å². The molecule has 0 N–H and O–H groups in total. The number of halogens is 1. The molecule has 182 valence electrons. The molecule has 0 aliphatic rings. The summed E-state index contributed by atoms with van der Waals surface area (Å²) in [4.78, 5) is 23.7. The zero-order valence-corrected chi connectivity index (χ0v) is 21.0. The van der Waals surface area contributed by atoms with Gasteiger partial charge in [0, 0.05) is 12.8 Å². The van der Waals surface area contributed by atoms with Crippen molar-refractivity contribution in [3.05, 3.63) is 28.8 Å². The van der Waals surface area contributed by atoms with Crippen LogP contribution in [0.2, 0.25) is 5.02 Å². The summed E-state index contributed by atoms with van der Waals surface area (Å²) in [6.07, 6.45) is 16.8. The Balaban J connectivity index is 1.89. The minimum atomic E-state index is -0.239. The number of unbranched alkanes of at least 4 members (excludes halogenated alkanes) is 12. The van der Waals surface area contributed by atoms with Crippen LogP contribution in [0.3, 0.4) is 0 Å². The van der Waals surface area contributed by atoms with Crippen LogP contribution in [-0.4, -0.2) is 18.5 Å². The van der Waals surface area contributed by atoms with Crippen molar-refractivity contribution >= 4 is 23.5 Å². The zero-order chi connectivity index (χ0) is 23.4. The topological polar surface area (TPSA) is 52.6 Å². The van der Waals surface area contributed by atoms with Gasteiger partial charge in [0.05, 0.1) is 11.6 Å². The van der Waals surface area contributed by atoms with Crippen LogP contribution in [-0.2, 0) is 14.3 Å². The predicted molar refractivity (Wildman–Crippen MR) is 132 cm³/mol. The molecular weight excluding hydrogens is 424 g/mol. The molecule has 1 aromatic carbocycles. The third kappa shape index (κ3) is 15.3. The molecule has 32 heavy (non-hydrogen) atoms. The van der Waals surface area contributed by atoms with Gasteiger partial charge in [-0.25, -0.2) is 0 Å². The van der Waals surface area contributed by atoms with Gasteiger partial charge in [-0.1, -0.05) is 95.2 Å². The molecule has 0 saturated carbocycles. The van der Waals surface area contributed by atoms with Crippen LogP contribution in [0.5, 0.6) is 5.75 Å². The second kappa shape index (κ2) is 19.0. The van der Waals surface area contributed by atoms with E-state index in [9.17, 15) is 9.59 Å². The number of esters is 2. The third-order valence-electron chi connectivity index (χ3n) is 5.58. The minimum absolute atomic E-state index is 0.0644. The van der Waals surface area contributed by atoms with Gasteiger partial charge in [0.1, 0.15) is 5.75 Å². The molecule has 1 aromatic rings. The first-order valence-electron chi connectivity index (χ1n) is 12.7. The van der Waals surface area contributed by atoms with E-state index in [1.807, 2.05) is 13.0 Å². The van der Waals surface area contributed by atoms with E-state index in [1.54, 1.807) is 12.1 Å². The van der Waals surface area contributed by atoms with Gasteiger partial charge in [-0.05, 0) is 43.9 Å². The van der Waals surface area contributed by atoms with E-state index in [2.05, 4.69) is 6.92 Å². The first kappa shape index (κ1) is 28.5. The Labute approximate surface area is 200 Å². The molecule has 0 aliphatic carbocycles. The van der Waals surface area contributed by atoms with Crippen molar-refractivity contribution < 1.29 is 19.1 Å². The van der Waals surface area contributed by atoms with Crippen molar-refractivity contribution in [3.8, 4) is 5.75 Å². The molecule has 5 heteroatoms. The molecule has 0 fully saturated rings. The van der Waals surface area contributed by atoms with Crippen LogP contribution >= 0.6 is 11.6 Å². The average Bonchev–Trinajstić information content (AvgIpc) is 2.77. The molecule has 1 rings (SSSR count). The van der Waals surface area contributed by atoms with Gasteiger partial charge in [0.2, 0.25) is 0 Å². The molecule has 0 heterocycles. The fourth-order valence-corrected chi connectivity index (χ4v) is 3.76. The Kier molecular flexibility index (Phi) is 16.9. The molecule has 0 amide bonds. The Bertz CT molecular complexity index is 645. The number of hydrogen-bond donors (Lipinski definition) is 0. The van der Waals surface area contributed by atoms with Gasteiger partial charge in [0.15, 0.2) is 0 Å². The summed E-state index contributed by atoms with van der Waals surface area (Å²) < 4.78 is 10.7. The van der Waals surface area contributed by atoms with Gasteiger partial charge in [-0.3, -0.25) is 9.59 Å². The summed E-state index contributed by atoms with van der Waals surface area (Å²) in [6, 6.07) is 5.41. The van der Waals surface area contributed by atoms with E-state index in [1.165, 1.54) is 38.5 Å². The van der Waals surface area contributed by atoms with Gasteiger partial charge in [-0.15, -0.1) is 0 Å². The number of aryl methyl sites for hydroxylation is 1. The first-order valence-corrected chi connectivity index (χ1v) is 13.0. The number of rotatable bonds is 19.